The summed E-state index contributed by atoms with van der Waals surface area (Å²) >= 11 is 10.9. The Hall–Kier alpha value is -10.7. The van der Waals surface area contributed by atoms with E-state index in [1.165, 1.54) is 97.0 Å². The highest BCUT2D eigenvalue weighted by molar-refractivity contribution is 9.11. The molecule has 0 amide bonds. The van der Waals surface area contributed by atoms with Crippen molar-refractivity contribution in [1.82, 2.24) is 0 Å². The monoisotopic (exact) mass is 1500 g/mol. The first-order valence-electron chi connectivity index (χ1n) is 32.5. The van der Waals surface area contributed by atoms with Crippen molar-refractivity contribution in [3.05, 3.63) is 323 Å². The SMILES string of the molecule is Brc1cc2ccccc2c2ccccc12.COc1c(Br)c2ccccc2c2ccccc12.COc1c(Br)c2ccccc2c2ccccc12.COc1c(O[B]O)c2ccccc2c2ccccc12.COc1cc2ccccc2c2ccccc12.COc1cc2ccccc2c2ccccc12. The topological polar surface area (TPSA) is 75.6 Å². The van der Waals surface area contributed by atoms with E-state index in [-0.39, 0.29) is 0 Å². The van der Waals surface area contributed by atoms with E-state index in [9.17, 15) is 0 Å². The zero-order valence-corrected chi connectivity index (χ0v) is 60.3. The Morgan fingerprint density at radius 1 is 0.220 bits per heavy atom. The molecule has 7 nitrogen and oxygen atoms in total. The third-order valence-electron chi connectivity index (χ3n) is 17.9. The van der Waals surface area contributed by atoms with Crippen LogP contribution in [-0.2, 0) is 0 Å². The molecule has 0 spiro atoms. The average molecular weight is 1500 g/mol. The molecule has 0 saturated heterocycles. The number of halogens is 3. The molecule has 0 fully saturated rings. The predicted molar refractivity (Wildman–Crippen MR) is 433 cm³/mol. The van der Waals surface area contributed by atoms with Gasteiger partial charge in [-0.15, -0.1) is 0 Å². The molecule has 18 aromatic rings. The smallest absolute Gasteiger partial charge is 0.534 e. The third-order valence-corrected chi connectivity index (χ3v) is 20.1. The summed E-state index contributed by atoms with van der Waals surface area (Å²) < 4.78 is 35.8. The number of methoxy groups -OCH3 is 5. The van der Waals surface area contributed by atoms with Crippen LogP contribution in [0.15, 0.2) is 323 Å². The summed E-state index contributed by atoms with van der Waals surface area (Å²) in [7, 11) is 9.13. The van der Waals surface area contributed by atoms with Crippen molar-refractivity contribution in [2.45, 2.75) is 0 Å². The van der Waals surface area contributed by atoms with Crippen LogP contribution in [0.25, 0.3) is 129 Å². The largest absolute Gasteiger partial charge is 0.569 e. The molecule has 0 unspecified atom stereocenters. The normalized spacial score (nSPS) is 10.8. The Morgan fingerprint density at radius 2 is 0.440 bits per heavy atom. The van der Waals surface area contributed by atoms with E-state index in [0.29, 0.717) is 19.2 Å². The minimum absolute atomic E-state index is 0.527. The first kappa shape index (κ1) is 67.9. The van der Waals surface area contributed by atoms with Gasteiger partial charge in [-0.1, -0.05) is 307 Å². The van der Waals surface area contributed by atoms with E-state index < -0.39 is 0 Å². The van der Waals surface area contributed by atoms with Gasteiger partial charge in [0.1, 0.15) is 23.0 Å². The van der Waals surface area contributed by atoms with Crippen LogP contribution in [0.2, 0.25) is 0 Å². The van der Waals surface area contributed by atoms with E-state index >= 15 is 0 Å². The van der Waals surface area contributed by atoms with E-state index in [1.54, 1.807) is 35.5 Å². The van der Waals surface area contributed by atoms with E-state index in [2.05, 4.69) is 272 Å². The van der Waals surface area contributed by atoms with E-state index in [1.807, 2.05) is 84.9 Å². The van der Waals surface area contributed by atoms with Crippen LogP contribution < -0.4 is 28.3 Å². The lowest BCUT2D eigenvalue weighted by atomic mass is 9.99. The maximum Gasteiger partial charge on any atom is 0.569 e. The zero-order valence-electron chi connectivity index (χ0n) is 55.6. The lowest BCUT2D eigenvalue weighted by Crippen LogP contribution is -2.03. The highest BCUT2D eigenvalue weighted by atomic mass is 79.9. The molecule has 0 atom stereocenters. The molecule has 18 rings (SSSR count). The fraction of sp³-hybridized carbons (Fsp3) is 0.0562. The van der Waals surface area contributed by atoms with Crippen LogP contribution in [0.1, 0.15) is 0 Å². The van der Waals surface area contributed by atoms with Crippen molar-refractivity contribution in [1.29, 1.82) is 0 Å². The molecule has 11 heteroatoms. The molecule has 100 heavy (non-hydrogen) atoms. The van der Waals surface area contributed by atoms with E-state index in [4.69, 9.17) is 33.4 Å². The lowest BCUT2D eigenvalue weighted by molar-refractivity contribution is 0.388. The molecule has 0 aliphatic heterocycles. The second-order valence-electron chi connectivity index (χ2n) is 23.4. The minimum atomic E-state index is 0.527. The molecule has 0 aliphatic carbocycles. The highest BCUT2D eigenvalue weighted by Crippen LogP contribution is 2.45. The number of rotatable bonds is 7. The summed E-state index contributed by atoms with van der Waals surface area (Å²) in [5.74, 6) is 4.83. The summed E-state index contributed by atoms with van der Waals surface area (Å²) in [5.41, 5.74) is 0. The molecule has 0 saturated carbocycles. The summed E-state index contributed by atoms with van der Waals surface area (Å²) in [4.78, 5) is 0. The zero-order chi connectivity index (χ0) is 69.1. The summed E-state index contributed by atoms with van der Waals surface area (Å²) in [5, 5.41) is 37.6. The van der Waals surface area contributed by atoms with Crippen molar-refractivity contribution < 1.29 is 33.4 Å². The maximum absolute atomic E-state index is 8.97. The Kier molecular flexibility index (Phi) is 21.4. The van der Waals surface area contributed by atoms with Gasteiger partial charge >= 0.3 is 7.69 Å². The number of benzene rings is 18. The molecule has 1 N–H and O–H groups in total. The molecule has 0 aliphatic rings. The van der Waals surface area contributed by atoms with Crippen LogP contribution in [0.5, 0.6) is 34.5 Å². The first-order valence-corrected chi connectivity index (χ1v) is 34.9. The van der Waals surface area contributed by atoms with Gasteiger partial charge in [0.25, 0.3) is 0 Å². The molecule has 18 aromatic carbocycles. The average Bonchev–Trinajstić information content (AvgIpc) is 0.766. The van der Waals surface area contributed by atoms with Crippen LogP contribution in [-0.4, -0.2) is 48.3 Å². The molecule has 0 aromatic heterocycles. The maximum atomic E-state index is 8.97. The second kappa shape index (κ2) is 31.5. The van der Waals surface area contributed by atoms with Gasteiger partial charge < -0.3 is 33.4 Å². The minimum Gasteiger partial charge on any atom is -0.534 e. The van der Waals surface area contributed by atoms with Gasteiger partial charge in [-0.2, -0.15) is 0 Å². The van der Waals surface area contributed by atoms with Crippen LogP contribution in [0.4, 0.5) is 0 Å². The van der Waals surface area contributed by atoms with Crippen LogP contribution in [0, 0.1) is 0 Å². The summed E-state index contributed by atoms with van der Waals surface area (Å²) in [6.45, 7) is 0. The molecular formula is C89H67BBr3O7. The van der Waals surface area contributed by atoms with Gasteiger partial charge in [-0.3, -0.25) is 0 Å². The molecule has 1 radical (unpaired) electrons. The van der Waals surface area contributed by atoms with Gasteiger partial charge in [-0.25, -0.2) is 0 Å². The van der Waals surface area contributed by atoms with Crippen LogP contribution in [0.3, 0.4) is 0 Å². The molecule has 489 valence electrons. The first-order chi connectivity index (χ1) is 49.2. The molecule has 0 heterocycles. The summed E-state index contributed by atoms with van der Waals surface area (Å²) in [6.07, 6.45) is 0. The quantitative estimate of drug-likeness (QED) is 0.126. The van der Waals surface area contributed by atoms with Crippen molar-refractivity contribution in [2.24, 2.45) is 0 Å². The van der Waals surface area contributed by atoms with Gasteiger partial charge in [0.2, 0.25) is 0 Å². The number of hydrogen-bond donors (Lipinski definition) is 1. The fourth-order valence-electron chi connectivity index (χ4n) is 13.4. The standard InChI is InChI=1S/C15H12BO3.2C15H11BrO.2C15H12O.C14H9Br/c1-18-14-12-8-4-2-6-10(12)11-7-3-5-9-13(11)15(14)19-16-17;2*1-17-15-13-9-5-3-7-11(13)10-6-2-4-8-12(10)14(15)16;2*1-16-15-10-11-6-2-3-7-12(11)13-8-4-5-9-14(13)15;15-14-9-10-5-1-2-6-11(10)12-7-3-4-8-13(12)14/h2-9,17H,1H3;2*2-9H,1H3;2*2-10H,1H3;1-9H. The number of hydrogen-bond acceptors (Lipinski definition) is 7. The van der Waals surface area contributed by atoms with Crippen LogP contribution >= 0.6 is 47.8 Å². The molecular weight excluding hydrogens is 1430 g/mol. The Balaban J connectivity index is 0.000000108. The lowest BCUT2D eigenvalue weighted by Gasteiger charge is -2.15. The van der Waals surface area contributed by atoms with Gasteiger partial charge in [0.15, 0.2) is 11.5 Å². The highest BCUT2D eigenvalue weighted by Gasteiger charge is 2.18. The third kappa shape index (κ3) is 13.7. The van der Waals surface area contributed by atoms with Crippen molar-refractivity contribution >= 4 is 185 Å². The Bertz CT molecular complexity index is 5760. The van der Waals surface area contributed by atoms with Crippen molar-refractivity contribution in [3.8, 4) is 34.5 Å². The van der Waals surface area contributed by atoms with Gasteiger partial charge in [0, 0.05) is 47.6 Å². The van der Waals surface area contributed by atoms with Crippen molar-refractivity contribution in [3.63, 3.8) is 0 Å². The Morgan fingerprint density at radius 3 is 0.750 bits per heavy atom. The molecule has 0 bridgehead atoms. The second-order valence-corrected chi connectivity index (χ2v) is 25.8. The van der Waals surface area contributed by atoms with E-state index in [0.717, 1.165) is 68.7 Å². The predicted octanol–water partition coefficient (Wildman–Crippen LogP) is 25.2. The Labute approximate surface area is 606 Å². The van der Waals surface area contributed by atoms with Gasteiger partial charge in [0.05, 0.1) is 44.5 Å². The number of fused-ring (bicyclic) bond motifs is 18. The summed E-state index contributed by atoms with van der Waals surface area (Å²) in [6, 6.07) is 106. The van der Waals surface area contributed by atoms with Crippen molar-refractivity contribution in [2.75, 3.05) is 35.5 Å². The van der Waals surface area contributed by atoms with Gasteiger partial charge in [-0.05, 0) is 136 Å². The number of ether oxygens (including phenoxy) is 5. The fourth-order valence-corrected chi connectivity index (χ4v) is 15.4.